The van der Waals surface area contributed by atoms with Gasteiger partial charge in [-0.15, -0.1) is 0 Å². The summed E-state index contributed by atoms with van der Waals surface area (Å²) in [5.41, 5.74) is 6.98. The molecule has 1 aromatic carbocycles. The van der Waals surface area contributed by atoms with Crippen molar-refractivity contribution in [2.24, 2.45) is 5.73 Å². The van der Waals surface area contributed by atoms with Gasteiger partial charge in [0.1, 0.15) is 5.75 Å². The highest BCUT2D eigenvalue weighted by molar-refractivity contribution is 5.66. The standard InChI is InChI=1S/C14H21NO3/c1-10(2)18-13-5-3-4-11(9-13)8-12(15)6-7-14(16)17/h3-5,9-10,12H,6-8,15H2,1-2H3,(H,16,17). The van der Waals surface area contributed by atoms with Crippen molar-refractivity contribution in [3.05, 3.63) is 29.8 Å². The van der Waals surface area contributed by atoms with Crippen LogP contribution in [0.1, 0.15) is 32.3 Å². The first-order chi connectivity index (χ1) is 8.47. The van der Waals surface area contributed by atoms with Gasteiger partial charge in [0.15, 0.2) is 0 Å². The Balaban J connectivity index is 2.53. The largest absolute Gasteiger partial charge is 0.491 e. The van der Waals surface area contributed by atoms with Crippen LogP contribution in [0.5, 0.6) is 5.75 Å². The predicted molar refractivity (Wildman–Crippen MR) is 70.8 cm³/mol. The molecule has 0 saturated heterocycles. The smallest absolute Gasteiger partial charge is 0.303 e. The number of carboxylic acid groups (broad SMARTS) is 1. The molecule has 1 unspecified atom stereocenters. The molecule has 0 radical (unpaired) electrons. The van der Waals surface area contributed by atoms with E-state index in [-0.39, 0.29) is 18.6 Å². The van der Waals surface area contributed by atoms with E-state index >= 15 is 0 Å². The molecule has 0 heterocycles. The van der Waals surface area contributed by atoms with Crippen LogP contribution >= 0.6 is 0 Å². The summed E-state index contributed by atoms with van der Waals surface area (Å²) in [6, 6.07) is 7.65. The van der Waals surface area contributed by atoms with Crippen LogP contribution in [0.2, 0.25) is 0 Å². The lowest BCUT2D eigenvalue weighted by atomic mass is 10.0. The summed E-state index contributed by atoms with van der Waals surface area (Å²) in [6.07, 6.45) is 1.41. The zero-order valence-electron chi connectivity index (χ0n) is 10.9. The van der Waals surface area contributed by atoms with Gasteiger partial charge < -0.3 is 15.6 Å². The van der Waals surface area contributed by atoms with Crippen molar-refractivity contribution in [1.82, 2.24) is 0 Å². The molecule has 18 heavy (non-hydrogen) atoms. The molecule has 0 aliphatic heterocycles. The number of aliphatic carboxylic acids is 1. The van der Waals surface area contributed by atoms with Gasteiger partial charge in [0.05, 0.1) is 6.10 Å². The van der Waals surface area contributed by atoms with E-state index in [0.29, 0.717) is 12.8 Å². The Hall–Kier alpha value is -1.55. The second-order valence-corrected chi connectivity index (χ2v) is 4.71. The van der Waals surface area contributed by atoms with Gasteiger partial charge in [-0.3, -0.25) is 4.79 Å². The molecule has 0 saturated carbocycles. The minimum Gasteiger partial charge on any atom is -0.491 e. The highest BCUT2D eigenvalue weighted by atomic mass is 16.5. The van der Waals surface area contributed by atoms with Crippen LogP contribution in [-0.4, -0.2) is 23.2 Å². The second kappa shape index (κ2) is 7.01. The van der Waals surface area contributed by atoms with Crippen molar-refractivity contribution < 1.29 is 14.6 Å². The monoisotopic (exact) mass is 251 g/mol. The van der Waals surface area contributed by atoms with Gasteiger partial charge in [-0.2, -0.15) is 0 Å². The Labute approximate surface area is 108 Å². The molecule has 1 atom stereocenters. The first-order valence-electron chi connectivity index (χ1n) is 6.20. The van der Waals surface area contributed by atoms with Gasteiger partial charge in [0, 0.05) is 12.5 Å². The van der Waals surface area contributed by atoms with Crippen LogP contribution in [0, 0.1) is 0 Å². The molecule has 0 amide bonds. The van der Waals surface area contributed by atoms with Crippen molar-refractivity contribution in [2.45, 2.75) is 45.3 Å². The van der Waals surface area contributed by atoms with E-state index in [1.54, 1.807) is 0 Å². The number of carboxylic acids is 1. The number of nitrogens with two attached hydrogens (primary N) is 1. The van der Waals surface area contributed by atoms with Crippen molar-refractivity contribution in [2.75, 3.05) is 0 Å². The molecule has 0 bridgehead atoms. The molecule has 3 N–H and O–H groups in total. The van der Waals surface area contributed by atoms with E-state index in [4.69, 9.17) is 15.6 Å². The summed E-state index contributed by atoms with van der Waals surface area (Å²) in [4.78, 5) is 10.5. The average molecular weight is 251 g/mol. The quantitative estimate of drug-likeness (QED) is 0.779. The highest BCUT2D eigenvalue weighted by Gasteiger charge is 2.08. The van der Waals surface area contributed by atoms with Crippen LogP contribution in [0.4, 0.5) is 0 Å². The van der Waals surface area contributed by atoms with Gasteiger partial charge in [-0.05, 0) is 44.4 Å². The lowest BCUT2D eigenvalue weighted by molar-refractivity contribution is -0.137. The maximum Gasteiger partial charge on any atom is 0.303 e. The van der Waals surface area contributed by atoms with Crippen LogP contribution in [0.15, 0.2) is 24.3 Å². The van der Waals surface area contributed by atoms with Crippen molar-refractivity contribution in [3.8, 4) is 5.75 Å². The normalized spacial score (nSPS) is 12.4. The van der Waals surface area contributed by atoms with Crippen molar-refractivity contribution >= 4 is 5.97 Å². The number of ether oxygens (including phenoxy) is 1. The molecule has 0 aliphatic carbocycles. The van der Waals surface area contributed by atoms with Gasteiger partial charge in [0.2, 0.25) is 0 Å². The molecule has 0 spiro atoms. The molecule has 0 aromatic heterocycles. The van der Waals surface area contributed by atoms with E-state index in [0.717, 1.165) is 11.3 Å². The lowest BCUT2D eigenvalue weighted by Gasteiger charge is -2.13. The SMILES string of the molecule is CC(C)Oc1cccc(CC(N)CCC(=O)O)c1. The summed E-state index contributed by atoms with van der Waals surface area (Å²) < 4.78 is 5.60. The third-order valence-electron chi connectivity index (χ3n) is 2.50. The van der Waals surface area contributed by atoms with Gasteiger partial charge in [-0.1, -0.05) is 12.1 Å². The number of hydrogen-bond acceptors (Lipinski definition) is 3. The fourth-order valence-electron chi connectivity index (χ4n) is 1.73. The Morgan fingerprint density at radius 1 is 1.44 bits per heavy atom. The zero-order chi connectivity index (χ0) is 13.5. The van der Waals surface area contributed by atoms with Crippen molar-refractivity contribution in [3.63, 3.8) is 0 Å². The third-order valence-corrected chi connectivity index (χ3v) is 2.50. The first kappa shape index (κ1) is 14.5. The summed E-state index contributed by atoms with van der Waals surface area (Å²) in [6.45, 7) is 3.95. The van der Waals surface area contributed by atoms with E-state index in [2.05, 4.69) is 0 Å². The van der Waals surface area contributed by atoms with Gasteiger partial charge >= 0.3 is 5.97 Å². The van der Waals surface area contributed by atoms with Crippen LogP contribution in [0.3, 0.4) is 0 Å². The van der Waals surface area contributed by atoms with Crippen LogP contribution in [-0.2, 0) is 11.2 Å². The number of hydrogen-bond donors (Lipinski definition) is 2. The minimum absolute atomic E-state index is 0.114. The molecule has 0 aliphatic rings. The molecule has 4 nitrogen and oxygen atoms in total. The van der Waals surface area contributed by atoms with E-state index < -0.39 is 5.97 Å². The summed E-state index contributed by atoms with van der Waals surface area (Å²) in [5, 5.41) is 8.60. The number of carbonyl (C=O) groups is 1. The second-order valence-electron chi connectivity index (χ2n) is 4.71. The fourth-order valence-corrected chi connectivity index (χ4v) is 1.73. The molecule has 4 heteroatoms. The lowest BCUT2D eigenvalue weighted by Crippen LogP contribution is -2.23. The molecular weight excluding hydrogens is 230 g/mol. The van der Waals surface area contributed by atoms with Crippen LogP contribution in [0.25, 0.3) is 0 Å². The zero-order valence-corrected chi connectivity index (χ0v) is 10.9. The Bertz CT molecular complexity index is 390. The number of rotatable bonds is 7. The Morgan fingerprint density at radius 2 is 2.17 bits per heavy atom. The average Bonchev–Trinajstić information content (AvgIpc) is 2.26. The summed E-state index contributed by atoms with van der Waals surface area (Å²) in [7, 11) is 0. The number of benzene rings is 1. The molecule has 1 rings (SSSR count). The highest BCUT2D eigenvalue weighted by Crippen LogP contribution is 2.16. The molecular formula is C14H21NO3. The molecule has 0 fully saturated rings. The van der Waals surface area contributed by atoms with Gasteiger partial charge in [0.25, 0.3) is 0 Å². The Kier molecular flexibility index (Phi) is 5.65. The van der Waals surface area contributed by atoms with Crippen LogP contribution < -0.4 is 10.5 Å². The predicted octanol–water partition coefficient (Wildman–Crippen LogP) is 2.21. The minimum atomic E-state index is -0.803. The maximum atomic E-state index is 10.5. The molecule has 1 aromatic rings. The molecule has 100 valence electrons. The summed E-state index contributed by atoms with van der Waals surface area (Å²) in [5.74, 6) is 0.0234. The van der Waals surface area contributed by atoms with E-state index in [1.165, 1.54) is 0 Å². The van der Waals surface area contributed by atoms with E-state index in [1.807, 2.05) is 38.1 Å². The fraction of sp³-hybridized carbons (Fsp3) is 0.500. The van der Waals surface area contributed by atoms with E-state index in [9.17, 15) is 4.79 Å². The maximum absolute atomic E-state index is 10.5. The summed E-state index contributed by atoms with van der Waals surface area (Å²) >= 11 is 0. The topological polar surface area (TPSA) is 72.5 Å². The first-order valence-corrected chi connectivity index (χ1v) is 6.20. The van der Waals surface area contributed by atoms with Gasteiger partial charge in [-0.25, -0.2) is 0 Å². The third kappa shape index (κ3) is 5.68. The van der Waals surface area contributed by atoms with Crippen molar-refractivity contribution in [1.29, 1.82) is 0 Å². The Morgan fingerprint density at radius 3 is 2.78 bits per heavy atom.